The van der Waals surface area contributed by atoms with Crippen molar-refractivity contribution in [2.24, 2.45) is 0 Å². The molecule has 0 atom stereocenters. The molecule has 7 heavy (non-hydrogen) atoms. The number of carbonyl (C=O) groups is 1. The summed E-state index contributed by atoms with van der Waals surface area (Å²) < 4.78 is 8.24. The Kier molecular flexibility index (Phi) is 4.12. The van der Waals surface area contributed by atoms with Crippen molar-refractivity contribution < 1.29 is 14.0 Å². The maximum atomic E-state index is 9.68. The number of carboxylic acid groups (broad SMARTS) is 1. The van der Waals surface area contributed by atoms with Gasteiger partial charge in [-0.05, 0) is 0 Å². The zero-order valence-electron chi connectivity index (χ0n) is 3.92. The number of rotatable bonds is 3. The van der Waals surface area contributed by atoms with Gasteiger partial charge in [-0.25, -0.2) is 0 Å². The number of aliphatic carboxylic acids is 1. The van der Waals surface area contributed by atoms with Gasteiger partial charge in [0.15, 0.2) is 0 Å². The normalized spacial score (nSPS) is 10.4. The molecule has 0 heterocycles. The molecule has 0 aromatic heterocycles. The van der Waals surface area contributed by atoms with Gasteiger partial charge in [-0.15, -0.1) is 0 Å². The van der Waals surface area contributed by atoms with Crippen LogP contribution < -0.4 is 0 Å². The van der Waals surface area contributed by atoms with Crippen LogP contribution in [-0.4, -0.2) is 31.0 Å². The summed E-state index contributed by atoms with van der Waals surface area (Å²) in [6.45, 7) is 0. The van der Waals surface area contributed by atoms with E-state index in [2.05, 4.69) is 0 Å². The van der Waals surface area contributed by atoms with Crippen molar-refractivity contribution in [3.05, 3.63) is 0 Å². The van der Waals surface area contributed by atoms with E-state index in [1.807, 2.05) is 0 Å². The third-order valence-electron chi connectivity index (χ3n) is 0.549. The summed E-state index contributed by atoms with van der Waals surface area (Å²) in [6.07, 6.45) is 0.149. The first-order valence-corrected chi connectivity index (χ1v) is 5.52. The first kappa shape index (κ1) is 6.97. The van der Waals surface area contributed by atoms with E-state index in [1.165, 1.54) is 0 Å². The summed E-state index contributed by atoms with van der Waals surface area (Å²) in [5, 5.41) is 8.51. The molecule has 4 heteroatoms. The van der Waals surface area contributed by atoms with Crippen molar-refractivity contribution in [3.63, 3.8) is 0 Å². The molecule has 0 aliphatic heterocycles. The van der Waals surface area contributed by atoms with Crippen LogP contribution in [0.2, 0.25) is 5.25 Å². The van der Waals surface area contributed by atoms with E-state index < -0.39 is 21.7 Å². The Hall–Kier alpha value is -0.0271. The summed E-state index contributed by atoms with van der Waals surface area (Å²) in [6, 6.07) is 0. The molecular formula is C3H8GeO3. The van der Waals surface area contributed by atoms with Gasteiger partial charge in [-0.2, -0.15) is 0 Å². The summed E-state index contributed by atoms with van der Waals surface area (Å²) in [5.74, 6) is -0.806. The van der Waals surface area contributed by atoms with Crippen molar-refractivity contribution in [2.75, 3.05) is 0 Å². The topological polar surface area (TPSA) is 57.5 Å². The van der Waals surface area contributed by atoms with Crippen LogP contribution in [0, 0.1) is 0 Å². The predicted molar refractivity (Wildman–Crippen MR) is 27.8 cm³/mol. The fraction of sp³-hybridized carbons (Fsp3) is 0.667. The first-order chi connectivity index (χ1) is 3.27. The minimum atomic E-state index is -1.35. The van der Waals surface area contributed by atoms with Crippen molar-refractivity contribution in [2.45, 2.75) is 11.7 Å². The molecule has 0 aromatic carbocycles. The van der Waals surface area contributed by atoms with Crippen molar-refractivity contribution in [1.29, 1.82) is 0 Å². The molecule has 0 aliphatic rings. The van der Waals surface area contributed by atoms with Gasteiger partial charge in [0.1, 0.15) is 0 Å². The zero-order valence-corrected chi connectivity index (χ0v) is 6.89. The molecule has 0 bridgehead atoms. The quantitative estimate of drug-likeness (QED) is 0.524. The van der Waals surface area contributed by atoms with Crippen LogP contribution in [0.5, 0.6) is 0 Å². The van der Waals surface area contributed by atoms with Crippen LogP contribution in [0.4, 0.5) is 0 Å². The van der Waals surface area contributed by atoms with Gasteiger partial charge in [0, 0.05) is 0 Å². The summed E-state index contributed by atoms with van der Waals surface area (Å²) in [5.41, 5.74) is 0. The van der Waals surface area contributed by atoms with E-state index in [0.29, 0.717) is 5.25 Å². The molecule has 0 saturated carbocycles. The Bertz CT molecular complexity index is 63.2. The number of hydrogen-bond acceptors (Lipinski definition) is 2. The van der Waals surface area contributed by atoms with E-state index in [-0.39, 0.29) is 6.42 Å². The molecule has 42 valence electrons. The molecule has 0 spiro atoms. The third-order valence-corrected chi connectivity index (χ3v) is 1.95. The van der Waals surface area contributed by atoms with Crippen molar-refractivity contribution in [1.82, 2.24) is 0 Å². The molecule has 2 N–H and O–H groups in total. The van der Waals surface area contributed by atoms with Crippen LogP contribution in [0.25, 0.3) is 0 Å². The van der Waals surface area contributed by atoms with Gasteiger partial charge in [-0.3, -0.25) is 0 Å². The summed E-state index contributed by atoms with van der Waals surface area (Å²) in [4.78, 5) is 9.68. The molecule has 0 fully saturated rings. The van der Waals surface area contributed by atoms with Gasteiger partial charge in [0.05, 0.1) is 0 Å². The Morgan fingerprint density at radius 2 is 2.29 bits per heavy atom. The fourth-order valence-electron chi connectivity index (χ4n) is 0.230. The Balaban J connectivity index is 2.82. The van der Waals surface area contributed by atoms with Crippen LogP contribution in [0.15, 0.2) is 0 Å². The molecule has 0 amide bonds. The first-order valence-electron chi connectivity index (χ1n) is 2.10. The van der Waals surface area contributed by atoms with Crippen molar-refractivity contribution in [3.8, 4) is 0 Å². The van der Waals surface area contributed by atoms with E-state index in [4.69, 9.17) is 9.24 Å². The SMILES string of the molecule is O=C(O)C[CH2][GeH2][OH]. The maximum absolute atomic E-state index is 9.68. The summed E-state index contributed by atoms with van der Waals surface area (Å²) >= 11 is -1.35. The van der Waals surface area contributed by atoms with Gasteiger partial charge in [-0.1, -0.05) is 0 Å². The molecule has 0 radical (unpaired) electrons. The van der Waals surface area contributed by atoms with Crippen LogP contribution >= 0.6 is 0 Å². The van der Waals surface area contributed by atoms with E-state index >= 15 is 0 Å². The Labute approximate surface area is 48.2 Å². The fourth-order valence-corrected chi connectivity index (χ4v) is 1.20. The monoisotopic (exact) mass is 166 g/mol. The minimum absolute atomic E-state index is 0.149. The molecule has 0 aliphatic carbocycles. The predicted octanol–water partition coefficient (Wildman–Crippen LogP) is -1.04. The van der Waals surface area contributed by atoms with Gasteiger partial charge in [0.25, 0.3) is 0 Å². The standard InChI is InChI=1S/C3H8GeO3/c5-3(6)1-2-4-7/h7H,1-2,4H2,(H,5,6). The van der Waals surface area contributed by atoms with Gasteiger partial charge < -0.3 is 0 Å². The van der Waals surface area contributed by atoms with E-state index in [9.17, 15) is 4.79 Å². The Morgan fingerprint density at radius 3 is 2.43 bits per heavy atom. The van der Waals surface area contributed by atoms with Gasteiger partial charge in [0.2, 0.25) is 0 Å². The molecule has 3 nitrogen and oxygen atoms in total. The van der Waals surface area contributed by atoms with E-state index in [0.717, 1.165) is 0 Å². The van der Waals surface area contributed by atoms with Crippen LogP contribution in [0.3, 0.4) is 0 Å². The second-order valence-electron chi connectivity index (χ2n) is 1.22. The van der Waals surface area contributed by atoms with Crippen molar-refractivity contribution >= 4 is 21.7 Å². The zero-order chi connectivity index (χ0) is 5.70. The molecule has 0 aromatic rings. The van der Waals surface area contributed by atoms with Gasteiger partial charge >= 0.3 is 47.4 Å². The van der Waals surface area contributed by atoms with Crippen LogP contribution in [-0.2, 0) is 4.79 Å². The van der Waals surface area contributed by atoms with E-state index in [1.54, 1.807) is 0 Å². The number of hydrogen-bond donors (Lipinski definition) is 2. The summed E-state index contributed by atoms with van der Waals surface area (Å²) in [7, 11) is 0. The van der Waals surface area contributed by atoms with Crippen LogP contribution in [0.1, 0.15) is 6.42 Å². The Morgan fingerprint density at radius 1 is 1.71 bits per heavy atom. The second-order valence-corrected chi connectivity index (χ2v) is 3.64. The molecular weight excluding hydrogens is 157 g/mol. The third kappa shape index (κ3) is 5.97. The number of carboxylic acids is 1. The average molecular weight is 165 g/mol. The molecule has 0 rings (SSSR count). The molecule has 0 unspecified atom stereocenters. The molecule has 0 saturated heterocycles. The second kappa shape index (κ2) is 4.14. The average Bonchev–Trinajstić information content (AvgIpc) is 1.61.